The van der Waals surface area contributed by atoms with E-state index in [1.165, 1.54) is 57.4 Å². The van der Waals surface area contributed by atoms with Crippen molar-refractivity contribution in [3.63, 3.8) is 0 Å². The lowest BCUT2D eigenvalue weighted by Crippen LogP contribution is -2.26. The molecule has 31 heavy (non-hydrogen) atoms. The number of hydrogen-bond acceptors (Lipinski definition) is 1. The molecule has 1 unspecified atom stereocenters. The molecule has 1 aliphatic heterocycles. The molecular weight excluding hydrogens is 397 g/mol. The minimum absolute atomic E-state index is 0.0951. The highest BCUT2D eigenvalue weighted by molar-refractivity contribution is 5.48. The smallest absolute Gasteiger partial charge is 0.419 e. The lowest BCUT2D eigenvalue weighted by Gasteiger charge is -2.38. The molecule has 2 fully saturated rings. The van der Waals surface area contributed by atoms with Crippen molar-refractivity contribution >= 4 is 0 Å². The number of aryl methyl sites for hydroxylation is 1. The predicted molar refractivity (Wildman–Crippen MR) is 120 cm³/mol. The highest BCUT2D eigenvalue weighted by Gasteiger charge is 2.39. The fourth-order valence-corrected chi connectivity index (χ4v) is 6.59. The molecule has 0 aromatic heterocycles. The molecule has 3 aliphatic rings. The Hall–Kier alpha value is -1.19. The zero-order valence-electron chi connectivity index (χ0n) is 19.3. The standard InChI is InChI=1S/C27H39F3O/c1-3-5-18-6-8-19(9-7-18)20-10-12-21(13-11-20)23-16-22-14-15-24(4-2)31-26(22)25(17-23)27(28,29)30/h16-21,24H,3-15H2,1-2H3. The average Bonchev–Trinajstić information content (AvgIpc) is 2.78. The van der Waals surface area contributed by atoms with Crippen LogP contribution in [0, 0.1) is 17.8 Å². The Balaban J connectivity index is 1.43. The molecule has 2 aliphatic carbocycles. The second kappa shape index (κ2) is 9.75. The van der Waals surface area contributed by atoms with Gasteiger partial charge in [-0.1, -0.05) is 45.6 Å². The van der Waals surface area contributed by atoms with Gasteiger partial charge in [0, 0.05) is 0 Å². The predicted octanol–water partition coefficient (Wildman–Crippen LogP) is 8.69. The van der Waals surface area contributed by atoms with Crippen LogP contribution in [0.15, 0.2) is 12.1 Å². The monoisotopic (exact) mass is 436 g/mol. The molecule has 0 bridgehead atoms. The Labute approximate surface area is 186 Å². The van der Waals surface area contributed by atoms with Crippen molar-refractivity contribution < 1.29 is 17.9 Å². The van der Waals surface area contributed by atoms with E-state index in [1.807, 2.05) is 13.0 Å². The molecule has 174 valence electrons. The summed E-state index contributed by atoms with van der Waals surface area (Å²) in [4.78, 5) is 0. The maximum absolute atomic E-state index is 13.9. The van der Waals surface area contributed by atoms with E-state index in [4.69, 9.17) is 4.74 Å². The van der Waals surface area contributed by atoms with Gasteiger partial charge in [0.05, 0.1) is 11.7 Å². The number of halogens is 3. The van der Waals surface area contributed by atoms with Gasteiger partial charge in [0.2, 0.25) is 0 Å². The van der Waals surface area contributed by atoms with Crippen molar-refractivity contribution in [1.82, 2.24) is 0 Å². The molecule has 1 heterocycles. The third kappa shape index (κ3) is 5.25. The van der Waals surface area contributed by atoms with Crippen LogP contribution in [0.25, 0.3) is 0 Å². The average molecular weight is 437 g/mol. The maximum Gasteiger partial charge on any atom is 0.419 e. The normalized spacial score (nSPS) is 31.7. The Morgan fingerprint density at radius 1 is 0.871 bits per heavy atom. The summed E-state index contributed by atoms with van der Waals surface area (Å²) in [6.07, 6.45) is 10.4. The van der Waals surface area contributed by atoms with E-state index in [-0.39, 0.29) is 17.8 Å². The van der Waals surface area contributed by atoms with E-state index in [9.17, 15) is 13.2 Å². The number of rotatable bonds is 5. The van der Waals surface area contributed by atoms with Crippen molar-refractivity contribution in [2.45, 2.75) is 116 Å². The topological polar surface area (TPSA) is 9.23 Å². The molecule has 0 radical (unpaired) electrons. The Kier molecular flexibility index (Phi) is 7.23. The summed E-state index contributed by atoms with van der Waals surface area (Å²) >= 11 is 0. The van der Waals surface area contributed by atoms with Crippen molar-refractivity contribution in [1.29, 1.82) is 0 Å². The van der Waals surface area contributed by atoms with Gasteiger partial charge >= 0.3 is 6.18 Å². The van der Waals surface area contributed by atoms with E-state index in [0.29, 0.717) is 6.42 Å². The lowest BCUT2D eigenvalue weighted by atomic mass is 9.68. The molecule has 0 N–H and O–H groups in total. The Bertz CT molecular complexity index is 725. The van der Waals surface area contributed by atoms with Crippen LogP contribution in [0.5, 0.6) is 5.75 Å². The van der Waals surface area contributed by atoms with Crippen LogP contribution in [0.4, 0.5) is 13.2 Å². The van der Waals surface area contributed by atoms with Crippen molar-refractivity contribution in [3.05, 3.63) is 28.8 Å². The van der Waals surface area contributed by atoms with Crippen LogP contribution >= 0.6 is 0 Å². The SMILES string of the molecule is CCCC1CCC(C2CCC(c3cc4c(c(C(F)(F)F)c3)OC(CC)CC4)CC2)CC1. The number of fused-ring (bicyclic) bond motifs is 1. The maximum atomic E-state index is 13.9. The summed E-state index contributed by atoms with van der Waals surface area (Å²) in [7, 11) is 0. The molecule has 1 atom stereocenters. The van der Waals surface area contributed by atoms with Crippen LogP contribution in [0.1, 0.15) is 114 Å². The molecule has 1 aromatic rings. The first-order valence-electron chi connectivity index (χ1n) is 12.8. The van der Waals surface area contributed by atoms with Gasteiger partial charge in [0.25, 0.3) is 0 Å². The van der Waals surface area contributed by atoms with Gasteiger partial charge in [-0.05, 0) is 98.7 Å². The molecule has 1 aromatic carbocycles. The second-order valence-corrected chi connectivity index (χ2v) is 10.4. The lowest BCUT2D eigenvalue weighted by molar-refractivity contribution is -0.139. The van der Waals surface area contributed by atoms with Gasteiger partial charge in [0.15, 0.2) is 0 Å². The fraction of sp³-hybridized carbons (Fsp3) is 0.778. The van der Waals surface area contributed by atoms with Gasteiger partial charge in [-0.15, -0.1) is 0 Å². The van der Waals surface area contributed by atoms with E-state index in [1.54, 1.807) is 0 Å². The van der Waals surface area contributed by atoms with Gasteiger partial charge in [0.1, 0.15) is 5.75 Å². The summed E-state index contributed by atoms with van der Waals surface area (Å²) in [6.45, 7) is 4.26. The molecule has 0 spiro atoms. The molecule has 0 amide bonds. The van der Waals surface area contributed by atoms with Gasteiger partial charge < -0.3 is 4.74 Å². The fourth-order valence-electron chi connectivity index (χ4n) is 6.59. The summed E-state index contributed by atoms with van der Waals surface area (Å²) in [5, 5.41) is 0. The van der Waals surface area contributed by atoms with Crippen LogP contribution in [-0.2, 0) is 12.6 Å². The molecule has 2 saturated carbocycles. The minimum Gasteiger partial charge on any atom is -0.490 e. The first kappa shape index (κ1) is 23.0. The van der Waals surface area contributed by atoms with Crippen molar-refractivity contribution in [3.8, 4) is 5.75 Å². The first-order valence-corrected chi connectivity index (χ1v) is 12.8. The molecule has 4 heteroatoms. The van der Waals surface area contributed by atoms with E-state index < -0.39 is 11.7 Å². The van der Waals surface area contributed by atoms with Crippen molar-refractivity contribution in [2.24, 2.45) is 17.8 Å². The quantitative estimate of drug-likeness (QED) is 0.448. The first-order chi connectivity index (χ1) is 14.9. The van der Waals surface area contributed by atoms with E-state index in [0.717, 1.165) is 54.6 Å². The molecule has 4 rings (SSSR count). The Morgan fingerprint density at radius 2 is 1.52 bits per heavy atom. The molecular formula is C27H39F3O. The van der Waals surface area contributed by atoms with Crippen LogP contribution in [-0.4, -0.2) is 6.10 Å². The van der Waals surface area contributed by atoms with Crippen molar-refractivity contribution in [2.75, 3.05) is 0 Å². The Morgan fingerprint density at radius 3 is 2.10 bits per heavy atom. The summed E-state index contributed by atoms with van der Waals surface area (Å²) in [6, 6.07) is 3.45. The van der Waals surface area contributed by atoms with Crippen LogP contribution in [0.3, 0.4) is 0 Å². The van der Waals surface area contributed by atoms with Crippen LogP contribution < -0.4 is 4.74 Å². The highest BCUT2D eigenvalue weighted by Crippen LogP contribution is 2.48. The number of alkyl halides is 3. The number of hydrogen-bond donors (Lipinski definition) is 0. The van der Waals surface area contributed by atoms with E-state index in [2.05, 4.69) is 6.92 Å². The van der Waals surface area contributed by atoms with Crippen LogP contribution in [0.2, 0.25) is 0 Å². The summed E-state index contributed by atoms with van der Waals surface area (Å²) in [5.74, 6) is 2.94. The zero-order chi connectivity index (χ0) is 22.0. The third-order valence-electron chi connectivity index (χ3n) is 8.47. The third-order valence-corrected chi connectivity index (χ3v) is 8.47. The molecule has 0 saturated heterocycles. The van der Waals surface area contributed by atoms with Gasteiger partial charge in [-0.25, -0.2) is 0 Å². The molecule has 1 nitrogen and oxygen atoms in total. The number of benzene rings is 1. The number of ether oxygens (including phenoxy) is 1. The van der Waals surface area contributed by atoms with Gasteiger partial charge in [-0.2, -0.15) is 13.2 Å². The highest BCUT2D eigenvalue weighted by atomic mass is 19.4. The second-order valence-electron chi connectivity index (χ2n) is 10.4. The summed E-state index contributed by atoms with van der Waals surface area (Å²) in [5.41, 5.74) is 1.12. The van der Waals surface area contributed by atoms with E-state index >= 15 is 0 Å². The zero-order valence-corrected chi connectivity index (χ0v) is 19.3. The minimum atomic E-state index is -4.36. The largest absolute Gasteiger partial charge is 0.490 e. The summed E-state index contributed by atoms with van der Waals surface area (Å²) < 4.78 is 47.4. The van der Waals surface area contributed by atoms with Gasteiger partial charge in [-0.3, -0.25) is 0 Å².